The third-order valence-electron chi connectivity index (χ3n) is 5.18. The van der Waals surface area contributed by atoms with Gasteiger partial charge < -0.3 is 10.1 Å². The van der Waals surface area contributed by atoms with Crippen LogP contribution in [0, 0.1) is 5.92 Å². The number of ether oxygens (including phenoxy) is 1. The minimum Gasteiger partial charge on any atom is -0.494 e. The van der Waals surface area contributed by atoms with Crippen molar-refractivity contribution in [2.75, 3.05) is 13.2 Å². The molecule has 24 heavy (non-hydrogen) atoms. The first-order chi connectivity index (χ1) is 11.9. The van der Waals surface area contributed by atoms with E-state index in [-0.39, 0.29) is 0 Å². The highest BCUT2D eigenvalue weighted by Gasteiger charge is 2.12. The standard InChI is InChI=1S/C22H37NO/c1-2-3-4-5-6-10-17-24-22-15-13-21(14-16-22)19-23-18-20-11-8-7-9-12-20/h13-16,20,23H,2-12,17-19H2,1H3. The number of nitrogens with one attached hydrogen (secondary N) is 1. The third-order valence-corrected chi connectivity index (χ3v) is 5.18. The predicted octanol–water partition coefficient (Wildman–Crippen LogP) is 6.10. The van der Waals surface area contributed by atoms with Gasteiger partial charge in [-0.25, -0.2) is 0 Å². The van der Waals surface area contributed by atoms with Crippen LogP contribution in [-0.4, -0.2) is 13.2 Å². The molecule has 2 rings (SSSR count). The van der Waals surface area contributed by atoms with Gasteiger partial charge in [0.1, 0.15) is 5.75 Å². The minimum atomic E-state index is 0.853. The maximum Gasteiger partial charge on any atom is 0.119 e. The molecular formula is C22H37NO. The molecule has 1 aliphatic carbocycles. The van der Waals surface area contributed by atoms with Gasteiger partial charge in [0.15, 0.2) is 0 Å². The molecule has 1 saturated carbocycles. The summed E-state index contributed by atoms with van der Waals surface area (Å²) in [5.41, 5.74) is 1.36. The van der Waals surface area contributed by atoms with Crippen molar-refractivity contribution in [2.24, 2.45) is 5.92 Å². The summed E-state index contributed by atoms with van der Waals surface area (Å²) in [4.78, 5) is 0. The number of rotatable bonds is 12. The van der Waals surface area contributed by atoms with Crippen LogP contribution < -0.4 is 10.1 Å². The van der Waals surface area contributed by atoms with Crippen LogP contribution in [0.25, 0.3) is 0 Å². The summed E-state index contributed by atoms with van der Waals surface area (Å²) in [6.07, 6.45) is 15.0. The average Bonchev–Trinajstić information content (AvgIpc) is 2.63. The molecule has 1 aromatic carbocycles. The van der Waals surface area contributed by atoms with Crippen molar-refractivity contribution in [1.29, 1.82) is 0 Å². The van der Waals surface area contributed by atoms with Crippen molar-refractivity contribution in [3.63, 3.8) is 0 Å². The Hall–Kier alpha value is -1.02. The molecule has 0 aliphatic heterocycles. The Bertz CT molecular complexity index is 408. The SMILES string of the molecule is CCCCCCCCOc1ccc(CNCC2CCCCC2)cc1. The summed E-state index contributed by atoms with van der Waals surface area (Å²) >= 11 is 0. The van der Waals surface area contributed by atoms with Crippen molar-refractivity contribution in [2.45, 2.75) is 84.1 Å². The van der Waals surface area contributed by atoms with Crippen LogP contribution >= 0.6 is 0 Å². The van der Waals surface area contributed by atoms with Crippen LogP contribution in [-0.2, 0) is 6.54 Å². The number of benzene rings is 1. The van der Waals surface area contributed by atoms with Crippen LogP contribution in [0.2, 0.25) is 0 Å². The van der Waals surface area contributed by atoms with E-state index >= 15 is 0 Å². The van der Waals surface area contributed by atoms with Crippen molar-refractivity contribution >= 4 is 0 Å². The summed E-state index contributed by atoms with van der Waals surface area (Å²) in [5.74, 6) is 1.92. The average molecular weight is 332 g/mol. The Kier molecular flexibility index (Phi) is 9.94. The fourth-order valence-electron chi connectivity index (χ4n) is 3.59. The molecule has 1 N–H and O–H groups in total. The van der Waals surface area contributed by atoms with Crippen molar-refractivity contribution in [1.82, 2.24) is 5.32 Å². The van der Waals surface area contributed by atoms with Crippen LogP contribution in [0.3, 0.4) is 0 Å². The molecule has 2 nitrogen and oxygen atoms in total. The largest absolute Gasteiger partial charge is 0.494 e. The number of unbranched alkanes of at least 4 members (excludes halogenated alkanes) is 5. The van der Waals surface area contributed by atoms with E-state index in [9.17, 15) is 0 Å². The number of hydrogen-bond donors (Lipinski definition) is 1. The molecule has 2 heteroatoms. The van der Waals surface area contributed by atoms with Crippen molar-refractivity contribution in [3.8, 4) is 5.75 Å². The highest BCUT2D eigenvalue weighted by molar-refractivity contribution is 5.27. The van der Waals surface area contributed by atoms with Gasteiger partial charge in [-0.05, 0) is 49.4 Å². The van der Waals surface area contributed by atoms with E-state index in [0.29, 0.717) is 0 Å². The monoisotopic (exact) mass is 331 g/mol. The quantitative estimate of drug-likeness (QED) is 0.467. The van der Waals surface area contributed by atoms with Gasteiger partial charge in [0.05, 0.1) is 6.61 Å². The molecule has 0 saturated heterocycles. The van der Waals surface area contributed by atoms with Gasteiger partial charge in [0, 0.05) is 6.54 Å². The molecule has 1 aromatic rings. The molecule has 136 valence electrons. The lowest BCUT2D eigenvalue weighted by molar-refractivity contribution is 0.304. The third kappa shape index (κ3) is 8.19. The van der Waals surface area contributed by atoms with Crippen LogP contribution in [0.5, 0.6) is 5.75 Å². The van der Waals surface area contributed by atoms with Gasteiger partial charge in [-0.1, -0.05) is 70.4 Å². The Morgan fingerprint density at radius 3 is 2.38 bits per heavy atom. The molecule has 1 fully saturated rings. The second-order valence-electron chi connectivity index (χ2n) is 7.40. The fourth-order valence-corrected chi connectivity index (χ4v) is 3.59. The fraction of sp³-hybridized carbons (Fsp3) is 0.727. The van der Waals surface area contributed by atoms with E-state index in [4.69, 9.17) is 4.74 Å². The molecule has 1 aliphatic rings. The summed E-state index contributed by atoms with van der Waals surface area (Å²) in [6, 6.07) is 8.64. The molecule has 0 amide bonds. The summed E-state index contributed by atoms with van der Waals surface area (Å²) in [7, 11) is 0. The zero-order valence-electron chi connectivity index (χ0n) is 15.7. The number of hydrogen-bond acceptors (Lipinski definition) is 2. The predicted molar refractivity (Wildman–Crippen MR) is 104 cm³/mol. The summed E-state index contributed by atoms with van der Waals surface area (Å²) in [6.45, 7) is 5.27. The Morgan fingerprint density at radius 1 is 0.917 bits per heavy atom. The van der Waals surface area contributed by atoms with Gasteiger partial charge in [0.2, 0.25) is 0 Å². The van der Waals surface area contributed by atoms with E-state index < -0.39 is 0 Å². The minimum absolute atomic E-state index is 0.853. The lowest BCUT2D eigenvalue weighted by Gasteiger charge is -2.21. The Morgan fingerprint density at radius 2 is 1.62 bits per heavy atom. The second kappa shape index (κ2) is 12.4. The molecule has 0 radical (unpaired) electrons. The van der Waals surface area contributed by atoms with E-state index in [1.165, 1.54) is 82.7 Å². The van der Waals surface area contributed by atoms with Crippen molar-refractivity contribution in [3.05, 3.63) is 29.8 Å². The molecule has 0 aromatic heterocycles. The molecule has 0 heterocycles. The maximum atomic E-state index is 5.85. The Labute approximate surface area is 149 Å². The lowest BCUT2D eigenvalue weighted by Crippen LogP contribution is -2.24. The van der Waals surface area contributed by atoms with E-state index in [1.54, 1.807) is 0 Å². The zero-order valence-corrected chi connectivity index (χ0v) is 15.7. The van der Waals surface area contributed by atoms with E-state index in [2.05, 4.69) is 36.5 Å². The summed E-state index contributed by atoms with van der Waals surface area (Å²) < 4.78 is 5.85. The Balaban J connectivity index is 1.53. The van der Waals surface area contributed by atoms with E-state index in [1.807, 2.05) is 0 Å². The van der Waals surface area contributed by atoms with Gasteiger partial charge in [-0.15, -0.1) is 0 Å². The van der Waals surface area contributed by atoms with Crippen molar-refractivity contribution < 1.29 is 4.74 Å². The first kappa shape index (κ1) is 19.3. The first-order valence-electron chi connectivity index (χ1n) is 10.3. The first-order valence-corrected chi connectivity index (χ1v) is 10.3. The van der Waals surface area contributed by atoms with Crippen LogP contribution in [0.15, 0.2) is 24.3 Å². The normalized spacial score (nSPS) is 15.5. The van der Waals surface area contributed by atoms with Gasteiger partial charge in [-0.3, -0.25) is 0 Å². The second-order valence-corrected chi connectivity index (χ2v) is 7.40. The van der Waals surface area contributed by atoms with E-state index in [0.717, 1.165) is 24.8 Å². The molecule has 0 bridgehead atoms. The van der Waals surface area contributed by atoms with Crippen LogP contribution in [0.4, 0.5) is 0 Å². The molecule has 0 atom stereocenters. The van der Waals surface area contributed by atoms with Gasteiger partial charge >= 0.3 is 0 Å². The van der Waals surface area contributed by atoms with Crippen LogP contribution in [0.1, 0.15) is 83.1 Å². The topological polar surface area (TPSA) is 21.3 Å². The molecular weight excluding hydrogens is 294 g/mol. The van der Waals surface area contributed by atoms with Gasteiger partial charge in [0.25, 0.3) is 0 Å². The molecule has 0 spiro atoms. The highest BCUT2D eigenvalue weighted by atomic mass is 16.5. The molecule has 0 unspecified atom stereocenters. The highest BCUT2D eigenvalue weighted by Crippen LogP contribution is 2.23. The van der Waals surface area contributed by atoms with Gasteiger partial charge in [-0.2, -0.15) is 0 Å². The summed E-state index contributed by atoms with van der Waals surface area (Å²) in [5, 5.41) is 3.63. The smallest absolute Gasteiger partial charge is 0.119 e. The maximum absolute atomic E-state index is 5.85. The zero-order chi connectivity index (χ0) is 16.9. The lowest BCUT2D eigenvalue weighted by atomic mass is 9.89.